The average Bonchev–Trinajstić information content (AvgIpc) is 2.97. The highest BCUT2D eigenvalue weighted by Crippen LogP contribution is 2.23. The number of para-hydroxylation sites is 1. The van der Waals surface area contributed by atoms with Gasteiger partial charge in [0.2, 0.25) is 10.0 Å². The van der Waals surface area contributed by atoms with Gasteiger partial charge in [0.05, 0.1) is 22.9 Å². The van der Waals surface area contributed by atoms with E-state index in [4.69, 9.17) is 4.74 Å². The van der Waals surface area contributed by atoms with Crippen molar-refractivity contribution >= 4 is 10.0 Å². The molecule has 2 aromatic carbocycles. The molecule has 28 heavy (non-hydrogen) atoms. The first-order chi connectivity index (χ1) is 13.3. The Hall–Kier alpha value is -2.64. The summed E-state index contributed by atoms with van der Waals surface area (Å²) in [6, 6.07) is 16.3. The molecule has 3 rings (SSSR count). The zero-order valence-electron chi connectivity index (χ0n) is 16.6. The third-order valence-corrected chi connectivity index (χ3v) is 6.48. The first kappa shape index (κ1) is 20.1. The van der Waals surface area contributed by atoms with Crippen molar-refractivity contribution in [2.24, 2.45) is 0 Å². The van der Waals surface area contributed by atoms with E-state index in [1.807, 2.05) is 55.8 Å². The first-order valence-electron chi connectivity index (χ1n) is 9.14. The number of ether oxygens (including phenoxy) is 1. The third kappa shape index (κ3) is 3.95. The highest BCUT2D eigenvalue weighted by atomic mass is 32.2. The maximum Gasteiger partial charge on any atom is 0.243 e. The van der Waals surface area contributed by atoms with E-state index in [0.717, 1.165) is 22.6 Å². The minimum absolute atomic E-state index is 0.240. The lowest BCUT2D eigenvalue weighted by molar-refractivity contribution is 0.340. The largest absolute Gasteiger partial charge is 0.494 e. The van der Waals surface area contributed by atoms with Gasteiger partial charge in [0, 0.05) is 24.8 Å². The molecule has 0 saturated carbocycles. The van der Waals surface area contributed by atoms with Crippen molar-refractivity contribution in [1.82, 2.24) is 14.1 Å². The Balaban J connectivity index is 1.86. The summed E-state index contributed by atoms with van der Waals surface area (Å²) >= 11 is 0. The molecule has 0 saturated heterocycles. The lowest BCUT2D eigenvalue weighted by Gasteiger charge is -2.18. The molecule has 1 aromatic heterocycles. The molecule has 7 heteroatoms. The number of benzene rings is 2. The van der Waals surface area contributed by atoms with Crippen LogP contribution in [-0.4, -0.2) is 36.2 Å². The van der Waals surface area contributed by atoms with Crippen molar-refractivity contribution in [3.05, 3.63) is 71.5 Å². The second-order valence-corrected chi connectivity index (χ2v) is 8.61. The summed E-state index contributed by atoms with van der Waals surface area (Å²) in [6.07, 6.45) is 0. The van der Waals surface area contributed by atoms with E-state index in [1.165, 1.54) is 4.31 Å². The molecular formula is C21H25N3O3S. The fourth-order valence-electron chi connectivity index (χ4n) is 3.09. The lowest BCUT2D eigenvalue weighted by Crippen LogP contribution is -2.27. The minimum atomic E-state index is -3.62. The SMILES string of the molecule is CCOc1ccc(S(=O)(=O)N(C)Cc2c(C)nn(-c3ccccc3)c2C)cc1. The van der Waals surface area contributed by atoms with Gasteiger partial charge in [-0.05, 0) is 57.2 Å². The summed E-state index contributed by atoms with van der Waals surface area (Å²) in [5.74, 6) is 0.653. The number of hydrogen-bond acceptors (Lipinski definition) is 4. The quantitative estimate of drug-likeness (QED) is 0.608. The van der Waals surface area contributed by atoms with Gasteiger partial charge in [-0.1, -0.05) is 18.2 Å². The van der Waals surface area contributed by atoms with Crippen LogP contribution in [0.4, 0.5) is 0 Å². The van der Waals surface area contributed by atoms with Gasteiger partial charge in [0.1, 0.15) is 5.75 Å². The van der Waals surface area contributed by atoms with Crippen LogP contribution in [0, 0.1) is 13.8 Å². The van der Waals surface area contributed by atoms with Gasteiger partial charge in [-0.15, -0.1) is 0 Å². The summed E-state index contributed by atoms with van der Waals surface area (Å²) in [4.78, 5) is 0.240. The molecular weight excluding hydrogens is 374 g/mol. The highest BCUT2D eigenvalue weighted by molar-refractivity contribution is 7.89. The Morgan fingerprint density at radius 2 is 1.68 bits per heavy atom. The molecule has 6 nitrogen and oxygen atoms in total. The summed E-state index contributed by atoms with van der Waals surface area (Å²) < 4.78 is 34.5. The molecule has 0 N–H and O–H groups in total. The maximum atomic E-state index is 13.0. The Labute approximate surface area is 166 Å². The van der Waals surface area contributed by atoms with Gasteiger partial charge in [0.15, 0.2) is 0 Å². The fourth-order valence-corrected chi connectivity index (χ4v) is 4.23. The van der Waals surface area contributed by atoms with Gasteiger partial charge >= 0.3 is 0 Å². The molecule has 0 amide bonds. The molecule has 3 aromatic rings. The number of nitrogens with zero attached hydrogens (tertiary/aromatic N) is 3. The van der Waals surface area contributed by atoms with E-state index < -0.39 is 10.0 Å². The standard InChI is InChI=1S/C21H25N3O3S/c1-5-27-19-11-13-20(14-12-19)28(25,26)23(4)15-21-16(2)22-24(17(21)3)18-9-7-6-8-10-18/h6-14H,5,15H2,1-4H3. The molecule has 0 unspecified atom stereocenters. The predicted octanol–water partition coefficient (Wildman–Crippen LogP) is 3.71. The second-order valence-electron chi connectivity index (χ2n) is 6.56. The topological polar surface area (TPSA) is 64.4 Å². The molecule has 0 atom stereocenters. The van der Waals surface area contributed by atoms with E-state index in [-0.39, 0.29) is 11.4 Å². The first-order valence-corrected chi connectivity index (χ1v) is 10.6. The van der Waals surface area contributed by atoms with Crippen LogP contribution in [0.1, 0.15) is 23.9 Å². The van der Waals surface area contributed by atoms with Crippen LogP contribution in [0.25, 0.3) is 5.69 Å². The Bertz CT molecular complexity index is 1040. The van der Waals surface area contributed by atoms with Gasteiger partial charge in [-0.3, -0.25) is 0 Å². The van der Waals surface area contributed by atoms with E-state index in [1.54, 1.807) is 31.3 Å². The summed E-state index contributed by atoms with van der Waals surface area (Å²) in [7, 11) is -2.03. The summed E-state index contributed by atoms with van der Waals surface area (Å²) in [5.41, 5.74) is 3.60. The van der Waals surface area contributed by atoms with Crippen LogP contribution in [-0.2, 0) is 16.6 Å². The molecule has 0 aliphatic heterocycles. The van der Waals surface area contributed by atoms with Crippen LogP contribution >= 0.6 is 0 Å². The Kier molecular flexibility index (Phi) is 5.86. The van der Waals surface area contributed by atoms with Crippen LogP contribution in [0.5, 0.6) is 5.75 Å². The van der Waals surface area contributed by atoms with Crippen molar-refractivity contribution in [3.63, 3.8) is 0 Å². The monoisotopic (exact) mass is 399 g/mol. The Morgan fingerprint density at radius 1 is 1.04 bits per heavy atom. The van der Waals surface area contributed by atoms with E-state index in [0.29, 0.717) is 12.4 Å². The number of aryl methyl sites for hydroxylation is 1. The molecule has 0 spiro atoms. The van der Waals surface area contributed by atoms with E-state index in [9.17, 15) is 8.42 Å². The van der Waals surface area contributed by atoms with Crippen molar-refractivity contribution in [2.45, 2.75) is 32.2 Å². The average molecular weight is 400 g/mol. The summed E-state index contributed by atoms with van der Waals surface area (Å²) in [6.45, 7) is 6.54. The smallest absolute Gasteiger partial charge is 0.243 e. The highest BCUT2D eigenvalue weighted by Gasteiger charge is 2.24. The van der Waals surface area contributed by atoms with Crippen LogP contribution in [0.3, 0.4) is 0 Å². The summed E-state index contributed by atoms with van der Waals surface area (Å²) in [5, 5.41) is 4.60. The molecule has 0 bridgehead atoms. The normalized spacial score (nSPS) is 11.8. The van der Waals surface area contributed by atoms with E-state index >= 15 is 0 Å². The van der Waals surface area contributed by atoms with Crippen molar-refractivity contribution in [2.75, 3.05) is 13.7 Å². The van der Waals surface area contributed by atoms with E-state index in [2.05, 4.69) is 5.10 Å². The van der Waals surface area contributed by atoms with Crippen LogP contribution < -0.4 is 4.74 Å². The maximum absolute atomic E-state index is 13.0. The number of rotatable bonds is 7. The molecule has 0 fully saturated rings. The van der Waals surface area contributed by atoms with Gasteiger partial charge in [-0.25, -0.2) is 13.1 Å². The number of hydrogen-bond donors (Lipinski definition) is 0. The Morgan fingerprint density at radius 3 is 2.29 bits per heavy atom. The zero-order valence-corrected chi connectivity index (χ0v) is 17.4. The van der Waals surface area contributed by atoms with Crippen molar-refractivity contribution in [3.8, 4) is 11.4 Å². The molecule has 1 heterocycles. The van der Waals surface area contributed by atoms with Crippen LogP contribution in [0.2, 0.25) is 0 Å². The predicted molar refractivity (Wildman–Crippen MR) is 109 cm³/mol. The van der Waals surface area contributed by atoms with Crippen molar-refractivity contribution in [1.29, 1.82) is 0 Å². The molecule has 0 radical (unpaired) electrons. The second kappa shape index (κ2) is 8.16. The molecule has 0 aliphatic carbocycles. The van der Waals surface area contributed by atoms with Gasteiger partial charge < -0.3 is 4.74 Å². The molecule has 148 valence electrons. The van der Waals surface area contributed by atoms with Crippen molar-refractivity contribution < 1.29 is 13.2 Å². The fraction of sp³-hybridized carbons (Fsp3) is 0.286. The number of aromatic nitrogens is 2. The van der Waals surface area contributed by atoms with Gasteiger partial charge in [-0.2, -0.15) is 9.40 Å². The third-order valence-electron chi connectivity index (χ3n) is 4.67. The number of sulfonamides is 1. The molecule has 0 aliphatic rings. The van der Waals surface area contributed by atoms with Crippen LogP contribution in [0.15, 0.2) is 59.5 Å². The minimum Gasteiger partial charge on any atom is -0.494 e. The van der Waals surface area contributed by atoms with Gasteiger partial charge in [0.25, 0.3) is 0 Å². The lowest BCUT2D eigenvalue weighted by atomic mass is 10.2. The zero-order chi connectivity index (χ0) is 20.3.